The Morgan fingerprint density at radius 1 is 1.00 bits per heavy atom. The van der Waals surface area contributed by atoms with Crippen LogP contribution in [0.15, 0.2) is 30.3 Å². The van der Waals surface area contributed by atoms with E-state index in [-0.39, 0.29) is 11.8 Å². The minimum absolute atomic E-state index is 0.0613. The zero-order valence-electron chi connectivity index (χ0n) is 12.0. The molecule has 0 spiro atoms. The fourth-order valence-corrected chi connectivity index (χ4v) is 2.41. The summed E-state index contributed by atoms with van der Waals surface area (Å²) in [5.74, 6) is 0.282. The lowest BCUT2D eigenvalue weighted by Gasteiger charge is -2.35. The summed E-state index contributed by atoms with van der Waals surface area (Å²) in [5.41, 5.74) is 0.721. The van der Waals surface area contributed by atoms with Gasteiger partial charge in [-0.15, -0.1) is 0 Å². The Balaban J connectivity index is 1.85. The predicted octanol–water partition coefficient (Wildman–Crippen LogP) is 2.16. The van der Waals surface area contributed by atoms with Crippen molar-refractivity contribution in [2.24, 2.45) is 0 Å². The molecule has 20 heavy (non-hydrogen) atoms. The molecule has 1 heterocycles. The number of unbranched alkanes of at least 4 members (excludes halogenated alkanes) is 1. The van der Waals surface area contributed by atoms with Gasteiger partial charge in [0.05, 0.1) is 0 Å². The molecule has 0 atom stereocenters. The molecule has 0 unspecified atom stereocenters. The van der Waals surface area contributed by atoms with E-state index in [4.69, 9.17) is 0 Å². The Labute approximate surface area is 120 Å². The van der Waals surface area contributed by atoms with E-state index >= 15 is 0 Å². The Hall–Kier alpha value is -1.84. The highest BCUT2D eigenvalue weighted by Crippen LogP contribution is 2.10. The van der Waals surface area contributed by atoms with E-state index in [2.05, 4.69) is 6.92 Å². The third-order valence-corrected chi connectivity index (χ3v) is 3.68. The molecule has 108 valence electrons. The molecule has 1 aliphatic rings. The van der Waals surface area contributed by atoms with Crippen LogP contribution < -0.4 is 0 Å². The van der Waals surface area contributed by atoms with Gasteiger partial charge < -0.3 is 9.80 Å². The number of benzene rings is 1. The number of carbonyl (C=O) groups excluding carboxylic acids is 2. The summed E-state index contributed by atoms with van der Waals surface area (Å²) in [6, 6.07) is 9.32. The van der Waals surface area contributed by atoms with Gasteiger partial charge >= 0.3 is 0 Å². The molecular weight excluding hydrogens is 252 g/mol. The Kier molecular flexibility index (Phi) is 5.16. The zero-order chi connectivity index (χ0) is 14.4. The van der Waals surface area contributed by atoms with Crippen LogP contribution in [0.25, 0.3) is 0 Å². The average molecular weight is 274 g/mol. The van der Waals surface area contributed by atoms with Crippen LogP contribution in [0.4, 0.5) is 0 Å². The summed E-state index contributed by atoms with van der Waals surface area (Å²) in [6.45, 7) is 4.66. The van der Waals surface area contributed by atoms with Crippen molar-refractivity contribution < 1.29 is 9.59 Å². The van der Waals surface area contributed by atoms with Gasteiger partial charge in [0.2, 0.25) is 5.91 Å². The second-order valence-electron chi connectivity index (χ2n) is 5.14. The molecule has 0 bridgehead atoms. The minimum Gasteiger partial charge on any atom is -0.339 e. The van der Waals surface area contributed by atoms with Crippen molar-refractivity contribution in [1.29, 1.82) is 0 Å². The third kappa shape index (κ3) is 3.59. The normalized spacial score (nSPS) is 15.2. The van der Waals surface area contributed by atoms with Gasteiger partial charge in [-0.25, -0.2) is 0 Å². The lowest BCUT2D eigenvalue weighted by Crippen LogP contribution is -2.50. The zero-order valence-corrected chi connectivity index (χ0v) is 12.0. The van der Waals surface area contributed by atoms with Crippen LogP contribution in [0.5, 0.6) is 0 Å². The van der Waals surface area contributed by atoms with Crippen molar-refractivity contribution in [1.82, 2.24) is 9.80 Å². The molecule has 0 aliphatic carbocycles. The lowest BCUT2D eigenvalue weighted by atomic mass is 10.1. The van der Waals surface area contributed by atoms with E-state index in [0.717, 1.165) is 18.4 Å². The van der Waals surface area contributed by atoms with Crippen LogP contribution in [-0.2, 0) is 4.79 Å². The standard InChI is InChI=1S/C16H22N2O2/c1-2-3-9-15(19)17-10-12-18(13-11-17)16(20)14-7-5-4-6-8-14/h4-8H,2-3,9-13H2,1H3. The quantitative estimate of drug-likeness (QED) is 0.844. The highest BCUT2D eigenvalue weighted by Gasteiger charge is 2.24. The minimum atomic E-state index is 0.0613. The van der Waals surface area contributed by atoms with Crippen molar-refractivity contribution >= 4 is 11.8 Å². The first kappa shape index (κ1) is 14.6. The van der Waals surface area contributed by atoms with Gasteiger partial charge in [-0.1, -0.05) is 31.5 Å². The van der Waals surface area contributed by atoms with Crippen molar-refractivity contribution in [3.05, 3.63) is 35.9 Å². The number of nitrogens with zero attached hydrogens (tertiary/aromatic N) is 2. The van der Waals surface area contributed by atoms with Crippen molar-refractivity contribution in [3.8, 4) is 0 Å². The maximum atomic E-state index is 12.3. The van der Waals surface area contributed by atoms with E-state index in [9.17, 15) is 9.59 Å². The number of amides is 2. The van der Waals surface area contributed by atoms with Gasteiger partial charge in [0.15, 0.2) is 0 Å². The molecule has 2 amide bonds. The van der Waals surface area contributed by atoms with Crippen molar-refractivity contribution in [3.63, 3.8) is 0 Å². The van der Waals surface area contributed by atoms with Gasteiger partial charge in [-0.3, -0.25) is 9.59 Å². The van der Waals surface area contributed by atoms with E-state index < -0.39 is 0 Å². The molecule has 1 aromatic rings. The first-order chi connectivity index (χ1) is 9.72. The molecule has 2 rings (SSSR count). The maximum absolute atomic E-state index is 12.3. The largest absolute Gasteiger partial charge is 0.339 e. The van der Waals surface area contributed by atoms with Crippen molar-refractivity contribution in [2.75, 3.05) is 26.2 Å². The number of piperazine rings is 1. The van der Waals surface area contributed by atoms with E-state index in [1.54, 1.807) is 0 Å². The molecule has 1 fully saturated rings. The van der Waals surface area contributed by atoms with E-state index in [1.165, 1.54) is 0 Å². The molecule has 0 radical (unpaired) electrons. The second kappa shape index (κ2) is 7.08. The molecule has 1 aliphatic heterocycles. The molecule has 0 N–H and O–H groups in total. The Bertz CT molecular complexity index is 451. The van der Waals surface area contributed by atoms with Crippen molar-refractivity contribution in [2.45, 2.75) is 26.2 Å². The highest BCUT2D eigenvalue weighted by molar-refractivity contribution is 5.94. The number of hydrogen-bond donors (Lipinski definition) is 0. The number of hydrogen-bond acceptors (Lipinski definition) is 2. The SMILES string of the molecule is CCCCC(=O)N1CCN(C(=O)c2ccccc2)CC1. The molecule has 4 heteroatoms. The second-order valence-corrected chi connectivity index (χ2v) is 5.14. The van der Waals surface area contributed by atoms with Gasteiger partial charge in [-0.05, 0) is 18.6 Å². The molecule has 0 saturated carbocycles. The monoisotopic (exact) mass is 274 g/mol. The van der Waals surface area contributed by atoms with Crippen LogP contribution in [0, 0.1) is 0 Å². The third-order valence-electron chi connectivity index (χ3n) is 3.68. The molecule has 0 aromatic heterocycles. The predicted molar refractivity (Wildman–Crippen MR) is 78.5 cm³/mol. The van der Waals surface area contributed by atoms with Crippen LogP contribution in [0.1, 0.15) is 36.5 Å². The average Bonchev–Trinajstić information content (AvgIpc) is 2.53. The lowest BCUT2D eigenvalue weighted by molar-refractivity contribution is -0.132. The number of carbonyl (C=O) groups is 2. The van der Waals surface area contributed by atoms with E-state index in [1.807, 2.05) is 40.1 Å². The summed E-state index contributed by atoms with van der Waals surface area (Å²) in [6.07, 6.45) is 2.61. The van der Waals surface area contributed by atoms with Gasteiger partial charge in [0.25, 0.3) is 5.91 Å². The summed E-state index contributed by atoms with van der Waals surface area (Å²) >= 11 is 0. The van der Waals surface area contributed by atoms with Crippen LogP contribution >= 0.6 is 0 Å². The van der Waals surface area contributed by atoms with Gasteiger partial charge in [0, 0.05) is 38.2 Å². The topological polar surface area (TPSA) is 40.6 Å². The van der Waals surface area contributed by atoms with E-state index in [0.29, 0.717) is 32.6 Å². The van der Waals surface area contributed by atoms with Crippen LogP contribution in [0.2, 0.25) is 0 Å². The van der Waals surface area contributed by atoms with Crippen LogP contribution in [0.3, 0.4) is 0 Å². The molecule has 1 aromatic carbocycles. The van der Waals surface area contributed by atoms with Crippen LogP contribution in [-0.4, -0.2) is 47.8 Å². The maximum Gasteiger partial charge on any atom is 0.253 e. The smallest absolute Gasteiger partial charge is 0.253 e. The first-order valence-corrected chi connectivity index (χ1v) is 7.34. The summed E-state index contributed by atoms with van der Waals surface area (Å²) in [5, 5.41) is 0. The molecular formula is C16H22N2O2. The first-order valence-electron chi connectivity index (χ1n) is 7.34. The summed E-state index contributed by atoms with van der Waals surface area (Å²) in [7, 11) is 0. The Morgan fingerprint density at radius 2 is 1.60 bits per heavy atom. The van der Waals surface area contributed by atoms with Gasteiger partial charge in [-0.2, -0.15) is 0 Å². The molecule has 4 nitrogen and oxygen atoms in total. The van der Waals surface area contributed by atoms with Gasteiger partial charge in [0.1, 0.15) is 0 Å². The summed E-state index contributed by atoms with van der Waals surface area (Å²) in [4.78, 5) is 27.9. The highest BCUT2D eigenvalue weighted by atomic mass is 16.2. The number of rotatable bonds is 4. The summed E-state index contributed by atoms with van der Waals surface area (Å²) < 4.78 is 0. The fraction of sp³-hybridized carbons (Fsp3) is 0.500. The Morgan fingerprint density at radius 3 is 2.20 bits per heavy atom. The fourth-order valence-electron chi connectivity index (χ4n) is 2.41. The molecule has 1 saturated heterocycles.